The van der Waals surface area contributed by atoms with Gasteiger partial charge in [-0.2, -0.15) is 0 Å². The van der Waals surface area contributed by atoms with E-state index in [1.165, 1.54) is 0 Å². The normalized spacial score (nSPS) is 20.5. The molecule has 0 radical (unpaired) electrons. The number of amides is 1. The SMILES string of the molecule is COC1(CC(=O)N(C)CC(C)O)CCC1. The second kappa shape index (κ2) is 4.94. The van der Waals surface area contributed by atoms with Crippen LogP contribution in [0.5, 0.6) is 0 Å². The Morgan fingerprint density at radius 2 is 2.20 bits per heavy atom. The van der Waals surface area contributed by atoms with Crippen molar-refractivity contribution in [1.82, 2.24) is 4.90 Å². The van der Waals surface area contributed by atoms with E-state index in [1.54, 1.807) is 26.0 Å². The van der Waals surface area contributed by atoms with Gasteiger partial charge in [0.25, 0.3) is 0 Å². The van der Waals surface area contributed by atoms with Gasteiger partial charge in [0.05, 0.1) is 18.1 Å². The quantitative estimate of drug-likeness (QED) is 0.737. The molecule has 1 aliphatic rings. The average Bonchev–Trinajstić information content (AvgIpc) is 2.09. The lowest BCUT2D eigenvalue weighted by molar-refractivity contribution is -0.143. The third-order valence-electron chi connectivity index (χ3n) is 3.14. The van der Waals surface area contributed by atoms with Crippen LogP contribution in [0.2, 0.25) is 0 Å². The molecule has 1 unspecified atom stereocenters. The van der Waals surface area contributed by atoms with Crippen LogP contribution in [-0.4, -0.2) is 48.3 Å². The fourth-order valence-electron chi connectivity index (χ4n) is 1.93. The summed E-state index contributed by atoms with van der Waals surface area (Å²) in [7, 11) is 3.39. The van der Waals surface area contributed by atoms with Crippen molar-refractivity contribution in [1.29, 1.82) is 0 Å². The molecular formula is C11H21NO3. The van der Waals surface area contributed by atoms with Crippen LogP contribution >= 0.6 is 0 Å². The van der Waals surface area contributed by atoms with Crippen molar-refractivity contribution >= 4 is 5.91 Å². The minimum atomic E-state index is -0.473. The number of aliphatic hydroxyl groups excluding tert-OH is 1. The van der Waals surface area contributed by atoms with Gasteiger partial charge >= 0.3 is 0 Å². The molecule has 1 atom stereocenters. The number of likely N-dealkylation sites (N-methyl/N-ethyl adjacent to an activating group) is 1. The molecule has 0 aliphatic heterocycles. The fraction of sp³-hybridized carbons (Fsp3) is 0.909. The maximum atomic E-state index is 11.8. The number of carbonyl (C=O) groups is 1. The Bertz CT molecular complexity index is 218. The largest absolute Gasteiger partial charge is 0.392 e. The Morgan fingerprint density at radius 1 is 1.60 bits per heavy atom. The van der Waals surface area contributed by atoms with E-state index in [2.05, 4.69) is 0 Å². The second-order valence-corrected chi connectivity index (χ2v) is 4.54. The molecule has 0 heterocycles. The third-order valence-corrected chi connectivity index (χ3v) is 3.14. The lowest BCUT2D eigenvalue weighted by Crippen LogP contribution is -2.45. The lowest BCUT2D eigenvalue weighted by Gasteiger charge is -2.40. The van der Waals surface area contributed by atoms with Crippen molar-refractivity contribution in [2.75, 3.05) is 20.7 Å². The first-order chi connectivity index (χ1) is 6.99. The van der Waals surface area contributed by atoms with Crippen LogP contribution in [0.3, 0.4) is 0 Å². The van der Waals surface area contributed by atoms with Gasteiger partial charge in [-0.25, -0.2) is 0 Å². The highest BCUT2D eigenvalue weighted by molar-refractivity contribution is 5.77. The Morgan fingerprint density at radius 3 is 2.53 bits per heavy atom. The van der Waals surface area contributed by atoms with E-state index in [1.807, 2.05) is 0 Å². The number of hydrogen-bond donors (Lipinski definition) is 1. The smallest absolute Gasteiger partial charge is 0.225 e. The number of methoxy groups -OCH3 is 1. The van der Waals surface area contributed by atoms with Crippen molar-refractivity contribution in [3.05, 3.63) is 0 Å². The Labute approximate surface area is 91.2 Å². The molecular weight excluding hydrogens is 194 g/mol. The van der Waals surface area contributed by atoms with Crippen LogP contribution in [0.25, 0.3) is 0 Å². The molecule has 0 saturated heterocycles. The Hall–Kier alpha value is -0.610. The monoisotopic (exact) mass is 215 g/mol. The van der Waals surface area contributed by atoms with Gasteiger partial charge in [-0.1, -0.05) is 0 Å². The molecule has 1 N–H and O–H groups in total. The molecule has 1 amide bonds. The fourth-order valence-corrected chi connectivity index (χ4v) is 1.93. The molecule has 0 aromatic carbocycles. The summed E-state index contributed by atoms with van der Waals surface area (Å²) in [6, 6.07) is 0. The zero-order valence-electron chi connectivity index (χ0n) is 9.82. The molecule has 0 aromatic heterocycles. The first-order valence-corrected chi connectivity index (χ1v) is 5.46. The van der Waals surface area contributed by atoms with Crippen LogP contribution in [0, 0.1) is 0 Å². The highest BCUT2D eigenvalue weighted by Crippen LogP contribution is 2.38. The van der Waals surface area contributed by atoms with Gasteiger partial charge in [-0.05, 0) is 26.2 Å². The number of nitrogens with zero attached hydrogens (tertiary/aromatic N) is 1. The Kier molecular flexibility index (Phi) is 4.11. The zero-order valence-corrected chi connectivity index (χ0v) is 9.82. The van der Waals surface area contributed by atoms with Crippen molar-refractivity contribution in [3.63, 3.8) is 0 Å². The van der Waals surface area contributed by atoms with Crippen molar-refractivity contribution in [3.8, 4) is 0 Å². The average molecular weight is 215 g/mol. The molecule has 0 bridgehead atoms. The van der Waals surface area contributed by atoms with E-state index < -0.39 is 6.10 Å². The highest BCUT2D eigenvalue weighted by Gasteiger charge is 2.39. The molecule has 4 nitrogen and oxygen atoms in total. The predicted molar refractivity (Wildman–Crippen MR) is 57.5 cm³/mol. The van der Waals surface area contributed by atoms with Gasteiger partial charge in [0.1, 0.15) is 0 Å². The van der Waals surface area contributed by atoms with E-state index in [0.29, 0.717) is 13.0 Å². The summed E-state index contributed by atoms with van der Waals surface area (Å²) in [4.78, 5) is 13.4. The number of rotatable bonds is 5. The maximum Gasteiger partial charge on any atom is 0.225 e. The zero-order chi connectivity index (χ0) is 11.5. The van der Waals surface area contributed by atoms with E-state index >= 15 is 0 Å². The predicted octanol–water partition coefficient (Wildman–Crippen LogP) is 0.785. The second-order valence-electron chi connectivity index (χ2n) is 4.54. The van der Waals surface area contributed by atoms with Gasteiger partial charge in [-0.3, -0.25) is 4.79 Å². The summed E-state index contributed by atoms with van der Waals surface area (Å²) < 4.78 is 5.39. The number of ether oxygens (including phenoxy) is 1. The summed E-state index contributed by atoms with van der Waals surface area (Å²) in [5.74, 6) is 0.0532. The minimum Gasteiger partial charge on any atom is -0.392 e. The lowest BCUT2D eigenvalue weighted by atomic mass is 9.77. The molecule has 15 heavy (non-hydrogen) atoms. The van der Waals surface area contributed by atoms with Crippen molar-refractivity contribution in [2.45, 2.75) is 44.3 Å². The van der Waals surface area contributed by atoms with Crippen molar-refractivity contribution in [2.24, 2.45) is 0 Å². The maximum absolute atomic E-state index is 11.8. The minimum absolute atomic E-state index is 0.0532. The van der Waals surface area contributed by atoms with E-state index in [0.717, 1.165) is 19.3 Å². The van der Waals surface area contributed by atoms with Crippen LogP contribution in [-0.2, 0) is 9.53 Å². The van der Waals surface area contributed by atoms with Gasteiger partial charge in [0.2, 0.25) is 5.91 Å². The molecule has 0 aromatic rings. The molecule has 1 fully saturated rings. The summed E-state index contributed by atoms with van der Waals surface area (Å²) >= 11 is 0. The van der Waals surface area contributed by atoms with Crippen LogP contribution in [0.4, 0.5) is 0 Å². The van der Waals surface area contributed by atoms with Crippen molar-refractivity contribution < 1.29 is 14.6 Å². The molecule has 4 heteroatoms. The van der Waals surface area contributed by atoms with Gasteiger partial charge in [0.15, 0.2) is 0 Å². The molecule has 1 aliphatic carbocycles. The third kappa shape index (κ3) is 3.18. The summed E-state index contributed by atoms with van der Waals surface area (Å²) in [5, 5.41) is 9.17. The molecule has 88 valence electrons. The van der Waals surface area contributed by atoms with Gasteiger partial charge in [-0.15, -0.1) is 0 Å². The number of hydrogen-bond acceptors (Lipinski definition) is 3. The topological polar surface area (TPSA) is 49.8 Å². The van der Waals surface area contributed by atoms with E-state index in [9.17, 15) is 9.90 Å². The first kappa shape index (κ1) is 12.5. The highest BCUT2D eigenvalue weighted by atomic mass is 16.5. The Balaban J connectivity index is 2.40. The first-order valence-electron chi connectivity index (χ1n) is 5.46. The van der Waals surface area contributed by atoms with Gasteiger partial charge < -0.3 is 14.7 Å². The summed E-state index contributed by atoms with van der Waals surface area (Å²) in [6.07, 6.45) is 3.04. The van der Waals surface area contributed by atoms with Gasteiger partial charge in [0, 0.05) is 20.7 Å². The van der Waals surface area contributed by atoms with Crippen LogP contribution in [0.15, 0.2) is 0 Å². The molecule has 1 rings (SSSR count). The molecule has 0 spiro atoms. The standard InChI is InChI=1S/C11H21NO3/c1-9(13)8-12(2)10(14)7-11(15-3)5-4-6-11/h9,13H,4-8H2,1-3H3. The number of carbonyl (C=O) groups excluding carboxylic acids is 1. The summed E-state index contributed by atoms with van der Waals surface area (Å²) in [6.45, 7) is 2.07. The number of aliphatic hydroxyl groups is 1. The van der Waals surface area contributed by atoms with E-state index in [-0.39, 0.29) is 11.5 Å². The van der Waals surface area contributed by atoms with Crippen LogP contribution < -0.4 is 0 Å². The van der Waals surface area contributed by atoms with Crippen LogP contribution in [0.1, 0.15) is 32.6 Å². The summed E-state index contributed by atoms with van der Waals surface area (Å²) in [5.41, 5.74) is -0.218. The van der Waals surface area contributed by atoms with E-state index in [4.69, 9.17) is 4.74 Å². The molecule has 1 saturated carbocycles.